The van der Waals surface area contributed by atoms with E-state index in [4.69, 9.17) is 4.74 Å². The average Bonchev–Trinajstić information content (AvgIpc) is 2.70. The Morgan fingerprint density at radius 3 is 2.00 bits per heavy atom. The summed E-state index contributed by atoms with van der Waals surface area (Å²) < 4.78 is 6.39. The molecule has 0 heterocycles. The van der Waals surface area contributed by atoms with Crippen molar-refractivity contribution in [2.24, 2.45) is 5.92 Å². The summed E-state index contributed by atoms with van der Waals surface area (Å²) in [5.41, 5.74) is 0.101. The van der Waals surface area contributed by atoms with E-state index in [1.54, 1.807) is 0 Å². The van der Waals surface area contributed by atoms with Crippen molar-refractivity contribution in [1.29, 1.82) is 0 Å². The maximum Gasteiger partial charge on any atom is 0.0834 e. The van der Waals surface area contributed by atoms with Gasteiger partial charge in [0.05, 0.1) is 5.60 Å². The molecule has 1 aliphatic carbocycles. The van der Waals surface area contributed by atoms with Crippen LogP contribution in [0.4, 0.5) is 0 Å². The van der Waals surface area contributed by atoms with Crippen LogP contribution in [0, 0.1) is 5.92 Å². The number of hydrogen-bond acceptors (Lipinski definition) is 2. The number of likely N-dealkylation sites (N-methyl/N-ethyl adjacent to an activating group) is 1. The van der Waals surface area contributed by atoms with Crippen molar-refractivity contribution in [2.75, 3.05) is 13.2 Å². The molecular weight excluding hydrogens is 246 g/mol. The van der Waals surface area contributed by atoms with Crippen LogP contribution in [0.15, 0.2) is 0 Å². The third-order valence-electron chi connectivity index (χ3n) is 5.19. The van der Waals surface area contributed by atoms with E-state index in [2.05, 4.69) is 33.0 Å². The molecule has 0 saturated heterocycles. The molecule has 0 radical (unpaired) electrons. The molecule has 2 heteroatoms. The molecular formula is C18H37NO. The van der Waals surface area contributed by atoms with Crippen molar-refractivity contribution in [3.05, 3.63) is 0 Å². The van der Waals surface area contributed by atoms with Crippen molar-refractivity contribution >= 4 is 0 Å². The molecule has 1 saturated carbocycles. The zero-order valence-electron chi connectivity index (χ0n) is 14.3. The summed E-state index contributed by atoms with van der Waals surface area (Å²) in [6.07, 6.45) is 11.8. The second-order valence-electron chi connectivity index (χ2n) is 6.44. The van der Waals surface area contributed by atoms with Gasteiger partial charge in [0.15, 0.2) is 0 Å². The summed E-state index contributed by atoms with van der Waals surface area (Å²) in [7, 11) is 0. The third kappa shape index (κ3) is 5.04. The van der Waals surface area contributed by atoms with E-state index in [1.807, 2.05) is 0 Å². The topological polar surface area (TPSA) is 21.3 Å². The molecule has 0 amide bonds. The number of nitrogens with one attached hydrogen (secondary N) is 1. The van der Waals surface area contributed by atoms with E-state index in [1.165, 1.54) is 57.8 Å². The van der Waals surface area contributed by atoms with Crippen LogP contribution in [-0.2, 0) is 4.74 Å². The van der Waals surface area contributed by atoms with Crippen molar-refractivity contribution in [3.8, 4) is 0 Å². The van der Waals surface area contributed by atoms with Crippen LogP contribution < -0.4 is 5.32 Å². The van der Waals surface area contributed by atoms with Crippen molar-refractivity contribution < 1.29 is 4.74 Å². The van der Waals surface area contributed by atoms with Crippen LogP contribution >= 0.6 is 0 Å². The quantitative estimate of drug-likeness (QED) is 0.606. The Balaban J connectivity index is 2.84. The molecule has 120 valence electrons. The number of hydrogen-bond donors (Lipinski definition) is 1. The Kier molecular flexibility index (Phi) is 8.79. The van der Waals surface area contributed by atoms with Gasteiger partial charge in [-0.15, -0.1) is 0 Å². The summed E-state index contributed by atoms with van der Waals surface area (Å²) >= 11 is 0. The maximum absolute atomic E-state index is 6.39. The van der Waals surface area contributed by atoms with E-state index < -0.39 is 0 Å². The van der Waals surface area contributed by atoms with Crippen LogP contribution in [0.5, 0.6) is 0 Å². The molecule has 0 spiro atoms. The summed E-state index contributed by atoms with van der Waals surface area (Å²) in [5, 5.41) is 3.78. The highest BCUT2D eigenvalue weighted by Gasteiger charge is 2.39. The molecule has 2 nitrogen and oxygen atoms in total. The Labute approximate surface area is 127 Å². The molecule has 1 aliphatic rings. The van der Waals surface area contributed by atoms with Gasteiger partial charge < -0.3 is 10.1 Å². The lowest BCUT2D eigenvalue weighted by atomic mass is 9.80. The van der Waals surface area contributed by atoms with Gasteiger partial charge in [0, 0.05) is 12.6 Å². The van der Waals surface area contributed by atoms with E-state index in [0.717, 1.165) is 19.1 Å². The van der Waals surface area contributed by atoms with Gasteiger partial charge in [-0.25, -0.2) is 0 Å². The predicted molar refractivity (Wildman–Crippen MR) is 88.2 cm³/mol. The lowest BCUT2D eigenvalue weighted by Gasteiger charge is -2.42. The minimum Gasteiger partial charge on any atom is -0.374 e. The van der Waals surface area contributed by atoms with E-state index >= 15 is 0 Å². The molecule has 0 aromatic rings. The minimum absolute atomic E-state index is 0.101. The average molecular weight is 284 g/mol. The highest BCUT2D eigenvalue weighted by atomic mass is 16.5. The van der Waals surface area contributed by atoms with Crippen molar-refractivity contribution in [1.82, 2.24) is 5.32 Å². The first-order chi connectivity index (χ1) is 9.72. The van der Waals surface area contributed by atoms with Gasteiger partial charge in [0.25, 0.3) is 0 Å². The van der Waals surface area contributed by atoms with Crippen LogP contribution in [-0.4, -0.2) is 24.8 Å². The van der Waals surface area contributed by atoms with Gasteiger partial charge in [-0.05, 0) is 38.6 Å². The Morgan fingerprint density at radius 2 is 1.55 bits per heavy atom. The maximum atomic E-state index is 6.39. The molecule has 0 aromatic heterocycles. The molecule has 0 aromatic carbocycles. The lowest BCUT2D eigenvalue weighted by Crippen LogP contribution is -2.53. The summed E-state index contributed by atoms with van der Waals surface area (Å²) in [5.74, 6) is 0.833. The molecule has 1 N–H and O–H groups in total. The fourth-order valence-electron chi connectivity index (χ4n) is 3.89. The van der Waals surface area contributed by atoms with Crippen LogP contribution in [0.3, 0.4) is 0 Å². The van der Waals surface area contributed by atoms with Gasteiger partial charge in [0.2, 0.25) is 0 Å². The first-order valence-corrected chi connectivity index (χ1v) is 9.09. The zero-order valence-corrected chi connectivity index (χ0v) is 14.3. The fourth-order valence-corrected chi connectivity index (χ4v) is 3.89. The van der Waals surface area contributed by atoms with Crippen LogP contribution in [0.25, 0.3) is 0 Å². The summed E-state index contributed by atoms with van der Waals surface area (Å²) in [6.45, 7) is 11.0. The van der Waals surface area contributed by atoms with E-state index in [-0.39, 0.29) is 5.60 Å². The van der Waals surface area contributed by atoms with Gasteiger partial charge in [-0.3, -0.25) is 0 Å². The minimum atomic E-state index is 0.101. The molecule has 1 fully saturated rings. The smallest absolute Gasteiger partial charge is 0.0834 e. The van der Waals surface area contributed by atoms with Gasteiger partial charge in [-0.1, -0.05) is 59.3 Å². The summed E-state index contributed by atoms with van der Waals surface area (Å²) in [4.78, 5) is 0. The number of ether oxygens (including phenoxy) is 1. The van der Waals surface area contributed by atoms with Gasteiger partial charge >= 0.3 is 0 Å². The normalized spacial score (nSPS) is 20.9. The van der Waals surface area contributed by atoms with Crippen LogP contribution in [0.2, 0.25) is 0 Å². The molecule has 1 rings (SSSR count). The van der Waals surface area contributed by atoms with E-state index in [9.17, 15) is 0 Å². The van der Waals surface area contributed by atoms with Crippen LogP contribution in [0.1, 0.15) is 85.5 Å². The second-order valence-corrected chi connectivity index (χ2v) is 6.44. The first-order valence-electron chi connectivity index (χ1n) is 9.09. The Hall–Kier alpha value is -0.0800. The fraction of sp³-hybridized carbons (Fsp3) is 1.00. The molecule has 20 heavy (non-hydrogen) atoms. The van der Waals surface area contributed by atoms with Crippen molar-refractivity contribution in [2.45, 2.75) is 97.1 Å². The highest BCUT2D eigenvalue weighted by Crippen LogP contribution is 2.36. The standard InChI is InChI=1S/C18H37NO/c1-5-16(6-2)15-17(19-7-3)18(20-8-4)13-11-9-10-12-14-18/h16-17,19H,5-15H2,1-4H3. The second kappa shape index (κ2) is 9.78. The first kappa shape index (κ1) is 18.0. The zero-order chi connectivity index (χ0) is 14.8. The monoisotopic (exact) mass is 283 g/mol. The Morgan fingerprint density at radius 1 is 0.950 bits per heavy atom. The lowest BCUT2D eigenvalue weighted by molar-refractivity contribution is -0.0814. The predicted octanol–water partition coefficient (Wildman–Crippen LogP) is 4.92. The molecule has 1 atom stereocenters. The SMILES string of the molecule is CCNC(CC(CC)CC)C1(OCC)CCCCCC1. The highest BCUT2D eigenvalue weighted by molar-refractivity contribution is 4.95. The summed E-state index contributed by atoms with van der Waals surface area (Å²) in [6, 6.07) is 0.537. The van der Waals surface area contributed by atoms with Crippen molar-refractivity contribution in [3.63, 3.8) is 0 Å². The molecule has 0 bridgehead atoms. The van der Waals surface area contributed by atoms with Gasteiger partial charge in [-0.2, -0.15) is 0 Å². The van der Waals surface area contributed by atoms with Gasteiger partial charge in [0.1, 0.15) is 0 Å². The third-order valence-corrected chi connectivity index (χ3v) is 5.19. The van der Waals surface area contributed by atoms with E-state index in [0.29, 0.717) is 6.04 Å². The molecule has 1 unspecified atom stereocenters. The number of rotatable bonds is 9. The largest absolute Gasteiger partial charge is 0.374 e. The molecule has 0 aliphatic heterocycles. The Bertz CT molecular complexity index is 230.